The number of ether oxygens (including phenoxy) is 2. The van der Waals surface area contributed by atoms with Crippen molar-refractivity contribution >= 4 is 29.9 Å². The van der Waals surface area contributed by atoms with E-state index in [0.717, 1.165) is 56.4 Å². The molecule has 1 saturated heterocycles. The van der Waals surface area contributed by atoms with Gasteiger partial charge in [-0.15, -0.1) is 24.0 Å². The topological polar surface area (TPSA) is 46.1 Å². The summed E-state index contributed by atoms with van der Waals surface area (Å²) >= 11 is 0. The molecular weight excluding hydrogens is 477 g/mol. The average Bonchev–Trinajstić information content (AvgIpc) is 2.74. The Labute approximate surface area is 191 Å². The first-order valence-electron chi connectivity index (χ1n) is 10.2. The molecule has 3 rings (SSSR count). The second kappa shape index (κ2) is 12.6. The maximum atomic E-state index is 6.09. The molecule has 5 nitrogen and oxygen atoms in total. The fraction of sp³-hybridized carbons (Fsp3) is 0.435. The Morgan fingerprint density at radius 2 is 1.76 bits per heavy atom. The summed E-state index contributed by atoms with van der Waals surface area (Å²) in [5.74, 6) is 2.89. The van der Waals surface area contributed by atoms with E-state index in [4.69, 9.17) is 9.47 Å². The van der Waals surface area contributed by atoms with E-state index >= 15 is 0 Å². The quantitative estimate of drug-likeness (QED) is 0.342. The normalized spacial score (nSPS) is 14.8. The average molecular weight is 509 g/mol. The number of likely N-dealkylation sites (tertiary alicyclic amines) is 1. The van der Waals surface area contributed by atoms with Gasteiger partial charge in [0, 0.05) is 39.5 Å². The molecule has 2 aromatic rings. The van der Waals surface area contributed by atoms with Gasteiger partial charge in [0.25, 0.3) is 0 Å². The van der Waals surface area contributed by atoms with Crippen molar-refractivity contribution in [3.8, 4) is 11.5 Å². The Morgan fingerprint density at radius 3 is 2.45 bits per heavy atom. The van der Waals surface area contributed by atoms with Gasteiger partial charge >= 0.3 is 0 Å². The maximum Gasteiger partial charge on any atom is 0.193 e. The number of rotatable bonds is 7. The van der Waals surface area contributed by atoms with Gasteiger partial charge in [0.05, 0.1) is 6.61 Å². The third-order valence-corrected chi connectivity index (χ3v) is 4.95. The van der Waals surface area contributed by atoms with Crippen LogP contribution in [-0.4, -0.2) is 50.3 Å². The number of nitrogens with zero attached hydrogens (tertiary/aromatic N) is 2. The van der Waals surface area contributed by atoms with Crippen LogP contribution in [0.4, 0.5) is 0 Å². The number of halogens is 1. The molecule has 1 N–H and O–H groups in total. The molecule has 29 heavy (non-hydrogen) atoms. The molecule has 0 aromatic heterocycles. The minimum Gasteiger partial charge on any atom is -0.494 e. The van der Waals surface area contributed by atoms with Gasteiger partial charge in [-0.25, -0.2) is 0 Å². The Hall–Kier alpha value is -1.96. The monoisotopic (exact) mass is 509 g/mol. The first-order valence-corrected chi connectivity index (χ1v) is 10.2. The molecular formula is C23H32IN3O2. The number of hydrogen-bond donors (Lipinski definition) is 1. The lowest BCUT2D eigenvalue weighted by molar-refractivity contribution is 0.129. The van der Waals surface area contributed by atoms with Crippen molar-refractivity contribution in [2.45, 2.75) is 32.3 Å². The third-order valence-electron chi connectivity index (χ3n) is 4.95. The number of benzene rings is 2. The minimum atomic E-state index is 0. The number of hydrogen-bond acceptors (Lipinski definition) is 3. The van der Waals surface area contributed by atoms with Crippen LogP contribution in [0.2, 0.25) is 0 Å². The number of nitrogens with one attached hydrogen (secondary N) is 1. The predicted octanol–water partition coefficient (Wildman–Crippen LogP) is 4.36. The molecule has 2 aromatic carbocycles. The molecule has 1 fully saturated rings. The smallest absolute Gasteiger partial charge is 0.193 e. The molecule has 1 aliphatic rings. The number of para-hydroxylation sites is 2. The highest BCUT2D eigenvalue weighted by molar-refractivity contribution is 14.0. The molecule has 158 valence electrons. The van der Waals surface area contributed by atoms with Crippen LogP contribution in [0.15, 0.2) is 59.6 Å². The van der Waals surface area contributed by atoms with Gasteiger partial charge < -0.3 is 19.7 Å². The number of aliphatic imine (C=N–C) groups is 1. The van der Waals surface area contributed by atoms with Crippen molar-refractivity contribution in [2.24, 2.45) is 4.99 Å². The van der Waals surface area contributed by atoms with Gasteiger partial charge in [0.1, 0.15) is 17.6 Å². The maximum absolute atomic E-state index is 6.09. The Kier molecular flexibility index (Phi) is 10.1. The summed E-state index contributed by atoms with van der Waals surface area (Å²) in [4.78, 5) is 6.79. The summed E-state index contributed by atoms with van der Waals surface area (Å²) in [6.45, 7) is 5.44. The van der Waals surface area contributed by atoms with E-state index in [1.165, 1.54) is 5.56 Å². The highest BCUT2D eigenvalue weighted by Gasteiger charge is 2.22. The molecule has 0 unspecified atom stereocenters. The zero-order valence-corrected chi connectivity index (χ0v) is 19.7. The van der Waals surface area contributed by atoms with Crippen LogP contribution in [0.5, 0.6) is 11.5 Å². The summed E-state index contributed by atoms with van der Waals surface area (Å²) in [5.41, 5.74) is 1.22. The molecule has 1 aliphatic heterocycles. The van der Waals surface area contributed by atoms with Crippen LogP contribution >= 0.6 is 24.0 Å². The van der Waals surface area contributed by atoms with Crippen molar-refractivity contribution in [3.63, 3.8) is 0 Å². The highest BCUT2D eigenvalue weighted by atomic mass is 127. The highest BCUT2D eigenvalue weighted by Crippen LogP contribution is 2.19. The predicted molar refractivity (Wildman–Crippen MR) is 130 cm³/mol. The van der Waals surface area contributed by atoms with Crippen LogP contribution in [0.25, 0.3) is 0 Å². The van der Waals surface area contributed by atoms with E-state index < -0.39 is 0 Å². The largest absolute Gasteiger partial charge is 0.494 e. The van der Waals surface area contributed by atoms with Crippen LogP contribution < -0.4 is 14.8 Å². The van der Waals surface area contributed by atoms with Crippen molar-refractivity contribution in [1.82, 2.24) is 10.2 Å². The van der Waals surface area contributed by atoms with Gasteiger partial charge in [-0.1, -0.05) is 36.4 Å². The second-order valence-electron chi connectivity index (χ2n) is 6.88. The van der Waals surface area contributed by atoms with Crippen molar-refractivity contribution in [1.29, 1.82) is 0 Å². The second-order valence-corrected chi connectivity index (χ2v) is 6.88. The van der Waals surface area contributed by atoms with E-state index in [1.54, 1.807) is 0 Å². The molecule has 0 spiro atoms. The number of guanidine groups is 1. The first-order chi connectivity index (χ1) is 13.8. The molecule has 0 amide bonds. The lowest BCUT2D eigenvalue weighted by Crippen LogP contribution is -2.47. The van der Waals surface area contributed by atoms with Gasteiger partial charge in [-0.2, -0.15) is 0 Å². The van der Waals surface area contributed by atoms with E-state index in [2.05, 4.69) is 27.3 Å². The van der Waals surface area contributed by atoms with Crippen molar-refractivity contribution in [2.75, 3.05) is 33.3 Å². The fourth-order valence-corrected chi connectivity index (χ4v) is 3.52. The van der Waals surface area contributed by atoms with E-state index in [-0.39, 0.29) is 30.1 Å². The van der Waals surface area contributed by atoms with Gasteiger partial charge in [0.2, 0.25) is 0 Å². The van der Waals surface area contributed by atoms with Crippen molar-refractivity contribution < 1.29 is 9.47 Å². The molecule has 0 atom stereocenters. The summed E-state index contributed by atoms with van der Waals surface area (Å²) in [6, 6.07) is 18.3. The van der Waals surface area contributed by atoms with Crippen LogP contribution in [0.3, 0.4) is 0 Å². The van der Waals surface area contributed by atoms with Gasteiger partial charge in [-0.3, -0.25) is 4.99 Å². The molecule has 0 bridgehead atoms. The fourth-order valence-electron chi connectivity index (χ4n) is 3.52. The van der Waals surface area contributed by atoms with E-state index in [1.807, 2.05) is 56.4 Å². The zero-order valence-electron chi connectivity index (χ0n) is 17.3. The number of piperidine rings is 1. The first kappa shape index (κ1) is 23.3. The Morgan fingerprint density at radius 1 is 1.07 bits per heavy atom. The lowest BCUT2D eigenvalue weighted by atomic mass is 10.1. The third kappa shape index (κ3) is 7.10. The molecule has 6 heteroatoms. The zero-order chi connectivity index (χ0) is 19.6. The standard InChI is InChI=1S/C23H31N3O2.HI/c1-3-27-22-12-8-7-9-19(22)13-16-25-23(24-2)26-17-14-21(15-18-26)28-20-10-5-4-6-11-20;/h4-12,21H,3,13-18H2,1-2H3,(H,24,25);1H. The lowest BCUT2D eigenvalue weighted by Gasteiger charge is -2.34. The van der Waals surface area contributed by atoms with E-state index in [0.29, 0.717) is 6.61 Å². The molecule has 0 saturated carbocycles. The molecule has 0 aliphatic carbocycles. The Balaban J connectivity index is 0.00000300. The van der Waals surface area contributed by atoms with Crippen LogP contribution in [0, 0.1) is 0 Å². The van der Waals surface area contributed by atoms with Crippen molar-refractivity contribution in [3.05, 3.63) is 60.2 Å². The summed E-state index contributed by atoms with van der Waals surface area (Å²) in [6.07, 6.45) is 3.18. The van der Waals surface area contributed by atoms with E-state index in [9.17, 15) is 0 Å². The molecule has 1 heterocycles. The van der Waals surface area contributed by atoms with Gasteiger partial charge in [0.15, 0.2) is 5.96 Å². The summed E-state index contributed by atoms with van der Waals surface area (Å²) in [5, 5.41) is 3.50. The van der Waals surface area contributed by atoms with Crippen LogP contribution in [-0.2, 0) is 6.42 Å². The SMILES string of the molecule is CCOc1ccccc1CCNC(=NC)N1CCC(Oc2ccccc2)CC1.I. The molecule has 0 radical (unpaired) electrons. The summed E-state index contributed by atoms with van der Waals surface area (Å²) in [7, 11) is 1.85. The summed E-state index contributed by atoms with van der Waals surface area (Å²) < 4.78 is 11.8. The van der Waals surface area contributed by atoms with Gasteiger partial charge in [-0.05, 0) is 37.1 Å². The van der Waals surface area contributed by atoms with Crippen LogP contribution in [0.1, 0.15) is 25.3 Å². The Bertz CT molecular complexity index is 747. The minimum absolute atomic E-state index is 0.